The highest BCUT2D eigenvalue weighted by molar-refractivity contribution is 6.42. The minimum Gasteiger partial charge on any atom is -0.478 e. The largest absolute Gasteiger partial charge is 0.478 e. The predicted molar refractivity (Wildman–Crippen MR) is 70.5 cm³/mol. The number of carboxylic acids is 1. The molecule has 0 spiro atoms. The van der Waals surface area contributed by atoms with Crippen LogP contribution in [0.15, 0.2) is 22.1 Å². The van der Waals surface area contributed by atoms with Gasteiger partial charge in [-0.15, -0.1) is 0 Å². The van der Waals surface area contributed by atoms with Crippen molar-refractivity contribution in [2.45, 2.75) is 0 Å². The Balaban J connectivity index is 3.36. The van der Waals surface area contributed by atoms with Crippen LogP contribution in [0.3, 0.4) is 0 Å². The fourth-order valence-electron chi connectivity index (χ4n) is 1.08. The number of halogens is 2. The molecule has 0 bridgehead atoms. The van der Waals surface area contributed by atoms with Crippen LogP contribution in [0.1, 0.15) is 10.4 Å². The maximum absolute atomic E-state index is 11.0. The number of hydrogen-bond donors (Lipinski definition) is 4. The van der Waals surface area contributed by atoms with Gasteiger partial charge in [0.05, 0.1) is 21.3 Å². The number of nitrogens with zero attached hydrogens (tertiary/aromatic N) is 2. The van der Waals surface area contributed by atoms with E-state index in [0.717, 1.165) is 6.07 Å². The lowest BCUT2D eigenvalue weighted by Crippen LogP contribution is -2.26. The first-order chi connectivity index (χ1) is 8.31. The number of aromatic carboxylic acids is 1. The third kappa shape index (κ3) is 3.51. The number of aliphatic imine (C=N–C) groups is 2. The molecule has 0 amide bonds. The highest BCUT2D eigenvalue weighted by Gasteiger charge is 2.13. The van der Waals surface area contributed by atoms with Crippen LogP contribution in [0.25, 0.3) is 0 Å². The van der Waals surface area contributed by atoms with Gasteiger partial charge in [0.15, 0.2) is 5.96 Å². The molecule has 0 saturated heterocycles. The molecule has 1 rings (SSSR count). The molecule has 0 aliphatic rings. The van der Waals surface area contributed by atoms with Gasteiger partial charge in [0.25, 0.3) is 0 Å². The van der Waals surface area contributed by atoms with E-state index in [2.05, 4.69) is 9.98 Å². The van der Waals surface area contributed by atoms with E-state index in [0.29, 0.717) is 0 Å². The fourth-order valence-corrected chi connectivity index (χ4v) is 1.40. The average Bonchev–Trinajstić information content (AvgIpc) is 2.21. The SMILES string of the molecule is NC(N)=NC(N)=Nc1cc(Cl)c(Cl)cc1C(=O)O. The van der Waals surface area contributed by atoms with Gasteiger partial charge in [0, 0.05) is 0 Å². The number of carboxylic acid groups (broad SMARTS) is 1. The molecule has 0 aromatic heterocycles. The lowest BCUT2D eigenvalue weighted by molar-refractivity contribution is 0.0698. The molecule has 7 nitrogen and oxygen atoms in total. The Bertz CT molecular complexity index is 552. The summed E-state index contributed by atoms with van der Waals surface area (Å²) >= 11 is 11.5. The van der Waals surface area contributed by atoms with Crippen molar-refractivity contribution in [2.24, 2.45) is 27.2 Å². The van der Waals surface area contributed by atoms with E-state index in [-0.39, 0.29) is 33.2 Å². The summed E-state index contributed by atoms with van der Waals surface area (Å²) in [5.74, 6) is -1.83. The lowest BCUT2D eigenvalue weighted by Gasteiger charge is -2.04. The first-order valence-corrected chi connectivity index (χ1v) is 5.23. The van der Waals surface area contributed by atoms with Crippen molar-refractivity contribution in [1.29, 1.82) is 0 Å². The molecule has 0 radical (unpaired) electrons. The molecule has 7 N–H and O–H groups in total. The summed E-state index contributed by atoms with van der Waals surface area (Å²) in [7, 11) is 0. The molecule has 9 heteroatoms. The maximum Gasteiger partial charge on any atom is 0.337 e. The molecule has 0 atom stereocenters. The van der Waals surface area contributed by atoms with Crippen LogP contribution < -0.4 is 17.2 Å². The number of nitrogens with two attached hydrogens (primary N) is 3. The van der Waals surface area contributed by atoms with Gasteiger partial charge in [-0.05, 0) is 12.1 Å². The van der Waals surface area contributed by atoms with Gasteiger partial charge in [-0.2, -0.15) is 4.99 Å². The molecule has 0 aliphatic carbocycles. The molecule has 0 fully saturated rings. The second-order valence-corrected chi connectivity index (χ2v) is 3.91. The van der Waals surface area contributed by atoms with Crippen molar-refractivity contribution in [2.75, 3.05) is 0 Å². The molecular weight excluding hydrogens is 281 g/mol. The van der Waals surface area contributed by atoms with Gasteiger partial charge in [-0.3, -0.25) is 0 Å². The number of guanidine groups is 2. The van der Waals surface area contributed by atoms with Crippen LogP contribution in [0.2, 0.25) is 10.0 Å². The van der Waals surface area contributed by atoms with E-state index in [1.54, 1.807) is 0 Å². The minimum atomic E-state index is -1.23. The van der Waals surface area contributed by atoms with Crippen molar-refractivity contribution in [3.05, 3.63) is 27.7 Å². The summed E-state index contributed by atoms with van der Waals surface area (Å²) in [6, 6.07) is 2.41. The van der Waals surface area contributed by atoms with E-state index in [4.69, 9.17) is 45.5 Å². The molecular formula is C9H9Cl2N5O2. The van der Waals surface area contributed by atoms with Gasteiger partial charge in [0.2, 0.25) is 5.96 Å². The Morgan fingerprint density at radius 1 is 1.17 bits per heavy atom. The molecule has 0 saturated carbocycles. The molecule has 18 heavy (non-hydrogen) atoms. The topological polar surface area (TPSA) is 140 Å². The van der Waals surface area contributed by atoms with Gasteiger partial charge >= 0.3 is 5.97 Å². The van der Waals surface area contributed by atoms with Crippen LogP contribution in [0.5, 0.6) is 0 Å². The van der Waals surface area contributed by atoms with Crippen LogP contribution in [-0.2, 0) is 0 Å². The Morgan fingerprint density at radius 3 is 2.22 bits per heavy atom. The number of benzene rings is 1. The number of rotatable bonds is 2. The van der Waals surface area contributed by atoms with Crippen molar-refractivity contribution >= 4 is 46.8 Å². The molecule has 0 heterocycles. The van der Waals surface area contributed by atoms with E-state index in [1.165, 1.54) is 6.07 Å². The summed E-state index contributed by atoms with van der Waals surface area (Å²) < 4.78 is 0. The normalized spacial score (nSPS) is 11.1. The first kappa shape index (κ1) is 14.1. The van der Waals surface area contributed by atoms with Crippen LogP contribution in [0, 0.1) is 0 Å². The van der Waals surface area contributed by atoms with Crippen LogP contribution >= 0.6 is 23.2 Å². The Hall–Kier alpha value is -1.99. The van der Waals surface area contributed by atoms with E-state index < -0.39 is 5.97 Å². The second-order valence-electron chi connectivity index (χ2n) is 3.10. The third-order valence-corrected chi connectivity index (χ3v) is 2.47. The van der Waals surface area contributed by atoms with Gasteiger partial charge in [0.1, 0.15) is 0 Å². The Morgan fingerprint density at radius 2 is 1.72 bits per heavy atom. The summed E-state index contributed by atoms with van der Waals surface area (Å²) in [5, 5.41) is 9.21. The molecule has 1 aromatic carbocycles. The summed E-state index contributed by atoms with van der Waals surface area (Å²) in [4.78, 5) is 18.2. The monoisotopic (exact) mass is 289 g/mol. The number of hydrogen-bond acceptors (Lipinski definition) is 2. The van der Waals surface area contributed by atoms with Crippen molar-refractivity contribution in [1.82, 2.24) is 0 Å². The smallest absolute Gasteiger partial charge is 0.337 e. The van der Waals surface area contributed by atoms with E-state index in [1.807, 2.05) is 0 Å². The van der Waals surface area contributed by atoms with Crippen molar-refractivity contribution in [3.63, 3.8) is 0 Å². The minimum absolute atomic E-state index is 0.000556. The standard InChI is InChI=1S/C9H9Cl2N5O2/c10-4-1-3(7(17)18)6(2-5(4)11)15-9(14)16-8(12)13/h1-2H,(H,17,18)(H6,12,13,14,15,16). The van der Waals surface area contributed by atoms with E-state index >= 15 is 0 Å². The van der Waals surface area contributed by atoms with Crippen LogP contribution in [-0.4, -0.2) is 23.0 Å². The van der Waals surface area contributed by atoms with Gasteiger partial charge in [-0.1, -0.05) is 23.2 Å². The highest BCUT2D eigenvalue weighted by atomic mass is 35.5. The maximum atomic E-state index is 11.0. The molecule has 0 unspecified atom stereocenters. The van der Waals surface area contributed by atoms with Crippen molar-refractivity contribution in [3.8, 4) is 0 Å². The predicted octanol–water partition coefficient (Wildman–Crippen LogP) is 0.911. The number of carbonyl (C=O) groups is 1. The highest BCUT2D eigenvalue weighted by Crippen LogP contribution is 2.30. The second kappa shape index (κ2) is 5.56. The first-order valence-electron chi connectivity index (χ1n) is 4.47. The summed E-state index contributed by atoms with van der Waals surface area (Å²) in [6.45, 7) is 0. The van der Waals surface area contributed by atoms with Crippen LogP contribution in [0.4, 0.5) is 5.69 Å². The fraction of sp³-hybridized carbons (Fsp3) is 0. The zero-order chi connectivity index (χ0) is 13.9. The Kier molecular flexibility index (Phi) is 4.35. The summed E-state index contributed by atoms with van der Waals surface area (Å²) in [5.41, 5.74) is 15.4. The zero-order valence-corrected chi connectivity index (χ0v) is 10.4. The molecule has 0 aliphatic heterocycles. The lowest BCUT2D eigenvalue weighted by atomic mass is 10.2. The van der Waals surface area contributed by atoms with E-state index in [9.17, 15) is 4.79 Å². The third-order valence-electron chi connectivity index (χ3n) is 1.75. The quantitative estimate of drug-likeness (QED) is 0.473. The van der Waals surface area contributed by atoms with Gasteiger partial charge < -0.3 is 22.3 Å². The average molecular weight is 290 g/mol. The zero-order valence-electron chi connectivity index (χ0n) is 8.89. The molecule has 96 valence electrons. The molecule has 1 aromatic rings. The summed E-state index contributed by atoms with van der Waals surface area (Å²) in [6.07, 6.45) is 0. The van der Waals surface area contributed by atoms with Gasteiger partial charge in [-0.25, -0.2) is 9.79 Å². The Labute approximate surface area is 112 Å². The van der Waals surface area contributed by atoms with Crippen molar-refractivity contribution < 1.29 is 9.90 Å².